The lowest BCUT2D eigenvalue weighted by atomic mass is 9.90. The summed E-state index contributed by atoms with van der Waals surface area (Å²) >= 11 is 5.93. The molecule has 26 heavy (non-hydrogen) atoms. The van der Waals surface area contributed by atoms with E-state index in [-0.39, 0.29) is 24.5 Å². The number of oxazole rings is 1. The fourth-order valence-corrected chi connectivity index (χ4v) is 4.08. The predicted octanol–water partition coefficient (Wildman–Crippen LogP) is 4.02. The molecule has 2 aromatic rings. The highest BCUT2D eigenvalue weighted by Crippen LogP contribution is 2.29. The number of ether oxygens (including phenoxy) is 1. The van der Waals surface area contributed by atoms with E-state index < -0.39 is 0 Å². The number of benzene rings is 1. The number of carbonyl (C=O) groups excluding carboxylic acids is 1. The molecule has 6 heteroatoms. The molecule has 4 rings (SSSR count). The Morgan fingerprint density at radius 2 is 2.04 bits per heavy atom. The van der Waals surface area contributed by atoms with Crippen LogP contribution in [0.4, 0.5) is 0 Å². The quantitative estimate of drug-likeness (QED) is 0.814. The van der Waals surface area contributed by atoms with Gasteiger partial charge in [0, 0.05) is 17.1 Å². The summed E-state index contributed by atoms with van der Waals surface area (Å²) in [4.78, 5) is 19.5. The molecule has 2 heterocycles. The number of halogens is 1. The van der Waals surface area contributed by atoms with E-state index in [1.807, 2.05) is 24.0 Å². The summed E-state index contributed by atoms with van der Waals surface area (Å²) in [6, 6.07) is 7.56. The average molecular weight is 375 g/mol. The molecule has 1 saturated carbocycles. The lowest BCUT2D eigenvalue weighted by molar-refractivity contribution is -0.148. The second-order valence-electron chi connectivity index (χ2n) is 7.05. The minimum atomic E-state index is 0.115. The molecule has 1 aliphatic carbocycles. The first kappa shape index (κ1) is 17.6. The fourth-order valence-electron chi connectivity index (χ4n) is 3.96. The van der Waals surface area contributed by atoms with Crippen LogP contribution in [0.25, 0.3) is 11.5 Å². The number of fused-ring (bicyclic) bond motifs is 1. The van der Waals surface area contributed by atoms with E-state index in [9.17, 15) is 4.79 Å². The zero-order valence-corrected chi connectivity index (χ0v) is 15.7. The van der Waals surface area contributed by atoms with Crippen molar-refractivity contribution >= 4 is 17.5 Å². The molecule has 5 nitrogen and oxygen atoms in total. The van der Waals surface area contributed by atoms with Crippen molar-refractivity contribution < 1.29 is 13.9 Å². The zero-order chi connectivity index (χ0) is 18.1. The van der Waals surface area contributed by atoms with E-state index in [0.29, 0.717) is 35.5 Å². The van der Waals surface area contributed by atoms with Crippen LogP contribution in [0.5, 0.6) is 0 Å². The Hall–Kier alpha value is -1.85. The molecule has 0 spiro atoms. The van der Waals surface area contributed by atoms with E-state index in [2.05, 4.69) is 4.98 Å². The standard InChI is InChI=1S/C20H23ClN2O3/c1-13-16(22-20(26-13)14-6-8-15(21)9-7-14)12-19(24)23-10-11-25-18-5-3-2-4-17(18)23/h6-9,17-18H,2-5,10-12H2,1H3. The second-order valence-corrected chi connectivity index (χ2v) is 7.49. The summed E-state index contributed by atoms with van der Waals surface area (Å²) in [5.74, 6) is 1.33. The zero-order valence-electron chi connectivity index (χ0n) is 14.9. The molecular weight excluding hydrogens is 352 g/mol. The van der Waals surface area contributed by atoms with Gasteiger partial charge in [-0.1, -0.05) is 24.4 Å². The van der Waals surface area contributed by atoms with E-state index in [4.69, 9.17) is 20.8 Å². The SMILES string of the molecule is Cc1oc(-c2ccc(Cl)cc2)nc1CC(=O)N1CCOC2CCCCC21. The van der Waals surface area contributed by atoms with Gasteiger partial charge in [-0.15, -0.1) is 0 Å². The third-order valence-electron chi connectivity index (χ3n) is 5.35. The molecule has 2 atom stereocenters. The van der Waals surface area contributed by atoms with Gasteiger partial charge < -0.3 is 14.1 Å². The molecule has 138 valence electrons. The number of aryl methyl sites for hydroxylation is 1. The number of carbonyl (C=O) groups is 1. The Balaban J connectivity index is 1.50. The molecule has 1 aromatic carbocycles. The highest BCUT2D eigenvalue weighted by Gasteiger charge is 2.36. The Labute approximate surface area is 158 Å². The Bertz CT molecular complexity index is 785. The van der Waals surface area contributed by atoms with Crippen LogP contribution in [0.15, 0.2) is 28.7 Å². The third-order valence-corrected chi connectivity index (χ3v) is 5.61. The van der Waals surface area contributed by atoms with Crippen molar-refractivity contribution in [2.75, 3.05) is 13.2 Å². The summed E-state index contributed by atoms with van der Waals surface area (Å²) in [7, 11) is 0. The van der Waals surface area contributed by atoms with Gasteiger partial charge in [-0.25, -0.2) is 4.98 Å². The number of nitrogens with zero attached hydrogens (tertiary/aromatic N) is 2. The molecule has 0 radical (unpaired) electrons. The lowest BCUT2D eigenvalue weighted by Gasteiger charge is -2.43. The van der Waals surface area contributed by atoms with Crippen LogP contribution in [-0.2, 0) is 16.0 Å². The van der Waals surface area contributed by atoms with Gasteiger partial charge in [-0.3, -0.25) is 4.79 Å². The molecule has 1 amide bonds. The summed E-state index contributed by atoms with van der Waals surface area (Å²) in [5.41, 5.74) is 1.56. The monoisotopic (exact) mass is 374 g/mol. The summed E-state index contributed by atoms with van der Waals surface area (Å²) in [5, 5.41) is 0.668. The van der Waals surface area contributed by atoms with Crippen LogP contribution in [0.2, 0.25) is 5.02 Å². The van der Waals surface area contributed by atoms with Crippen molar-refractivity contribution in [2.45, 2.75) is 51.2 Å². The number of aromatic nitrogens is 1. The second kappa shape index (κ2) is 7.41. The maximum Gasteiger partial charge on any atom is 0.229 e. The first-order valence-electron chi connectivity index (χ1n) is 9.25. The number of amides is 1. The first-order valence-corrected chi connectivity index (χ1v) is 9.63. The maximum atomic E-state index is 12.9. The molecule has 0 N–H and O–H groups in total. The normalized spacial score (nSPS) is 22.9. The number of hydrogen-bond acceptors (Lipinski definition) is 4. The molecular formula is C20H23ClN2O3. The molecule has 2 unspecified atom stereocenters. The smallest absolute Gasteiger partial charge is 0.229 e. The van der Waals surface area contributed by atoms with Crippen LogP contribution >= 0.6 is 11.6 Å². The lowest BCUT2D eigenvalue weighted by Crippen LogP contribution is -2.55. The Morgan fingerprint density at radius 3 is 2.85 bits per heavy atom. The Kier molecular flexibility index (Phi) is 5.00. The largest absolute Gasteiger partial charge is 0.441 e. The van der Waals surface area contributed by atoms with Crippen molar-refractivity contribution in [2.24, 2.45) is 0 Å². The van der Waals surface area contributed by atoms with Gasteiger partial charge in [0.15, 0.2) is 0 Å². The number of morpholine rings is 1. The summed E-state index contributed by atoms with van der Waals surface area (Å²) < 4.78 is 11.7. The number of rotatable bonds is 3. The van der Waals surface area contributed by atoms with Crippen molar-refractivity contribution in [3.63, 3.8) is 0 Å². The summed E-state index contributed by atoms with van der Waals surface area (Å²) in [6.45, 7) is 3.15. The van der Waals surface area contributed by atoms with Crippen molar-refractivity contribution in [1.82, 2.24) is 9.88 Å². The molecule has 2 fully saturated rings. The molecule has 1 saturated heterocycles. The molecule has 0 bridgehead atoms. The molecule has 2 aliphatic rings. The maximum absolute atomic E-state index is 12.9. The van der Waals surface area contributed by atoms with Crippen molar-refractivity contribution in [3.8, 4) is 11.5 Å². The predicted molar refractivity (Wildman–Crippen MR) is 99.1 cm³/mol. The minimum absolute atomic E-state index is 0.115. The fraction of sp³-hybridized carbons (Fsp3) is 0.500. The summed E-state index contributed by atoms with van der Waals surface area (Å²) in [6.07, 6.45) is 4.91. The van der Waals surface area contributed by atoms with Gasteiger partial charge in [0.25, 0.3) is 0 Å². The van der Waals surface area contributed by atoms with Crippen LogP contribution in [0.1, 0.15) is 37.1 Å². The van der Waals surface area contributed by atoms with Gasteiger partial charge >= 0.3 is 0 Å². The average Bonchev–Trinajstić information content (AvgIpc) is 3.02. The van der Waals surface area contributed by atoms with Crippen molar-refractivity contribution in [1.29, 1.82) is 0 Å². The van der Waals surface area contributed by atoms with E-state index >= 15 is 0 Å². The third kappa shape index (κ3) is 3.51. The highest BCUT2D eigenvalue weighted by atomic mass is 35.5. The number of hydrogen-bond donors (Lipinski definition) is 0. The minimum Gasteiger partial charge on any atom is -0.441 e. The van der Waals surface area contributed by atoms with E-state index in [1.165, 1.54) is 6.42 Å². The van der Waals surface area contributed by atoms with Gasteiger partial charge in [-0.2, -0.15) is 0 Å². The van der Waals surface area contributed by atoms with Crippen LogP contribution < -0.4 is 0 Å². The first-order chi connectivity index (χ1) is 12.6. The van der Waals surface area contributed by atoms with Crippen LogP contribution in [-0.4, -0.2) is 41.1 Å². The molecule has 1 aliphatic heterocycles. The van der Waals surface area contributed by atoms with Gasteiger partial charge in [0.1, 0.15) is 5.76 Å². The van der Waals surface area contributed by atoms with Crippen LogP contribution in [0.3, 0.4) is 0 Å². The van der Waals surface area contributed by atoms with Gasteiger partial charge in [0.05, 0.1) is 30.9 Å². The van der Waals surface area contributed by atoms with E-state index in [1.54, 1.807) is 12.1 Å². The molecule has 1 aromatic heterocycles. The topological polar surface area (TPSA) is 55.6 Å². The highest BCUT2D eigenvalue weighted by molar-refractivity contribution is 6.30. The Morgan fingerprint density at radius 1 is 1.27 bits per heavy atom. The van der Waals surface area contributed by atoms with Crippen molar-refractivity contribution in [3.05, 3.63) is 40.7 Å². The van der Waals surface area contributed by atoms with E-state index in [0.717, 1.165) is 24.8 Å². The van der Waals surface area contributed by atoms with Gasteiger partial charge in [0.2, 0.25) is 11.8 Å². The van der Waals surface area contributed by atoms with Crippen LogP contribution in [0, 0.1) is 6.92 Å². The van der Waals surface area contributed by atoms with Gasteiger partial charge in [-0.05, 0) is 44.0 Å².